The zero-order valence-corrected chi connectivity index (χ0v) is 13.3. The summed E-state index contributed by atoms with van der Waals surface area (Å²) in [5.41, 5.74) is 8.87. The van der Waals surface area contributed by atoms with Crippen molar-refractivity contribution in [2.75, 3.05) is 37.1 Å². The van der Waals surface area contributed by atoms with E-state index in [2.05, 4.69) is 24.8 Å². The topological polar surface area (TPSA) is 58.8 Å². The predicted molar refractivity (Wildman–Crippen MR) is 85.8 cm³/mol. The van der Waals surface area contributed by atoms with Crippen molar-refractivity contribution in [3.05, 3.63) is 23.8 Å². The molecule has 5 heteroatoms. The molecule has 1 amide bonds. The Balaban J connectivity index is 2.33. The third-order valence-corrected chi connectivity index (χ3v) is 4.30. The molecule has 0 spiro atoms. The van der Waals surface area contributed by atoms with E-state index in [0.29, 0.717) is 12.6 Å². The minimum absolute atomic E-state index is 0.0471. The van der Waals surface area contributed by atoms with Gasteiger partial charge in [-0.2, -0.15) is 0 Å². The maximum absolute atomic E-state index is 12.0. The van der Waals surface area contributed by atoms with E-state index < -0.39 is 6.04 Å². The first-order valence-electron chi connectivity index (χ1n) is 7.43. The third kappa shape index (κ3) is 2.89. The monoisotopic (exact) mass is 291 g/mol. The molecule has 1 aromatic carbocycles. The Kier molecular flexibility index (Phi) is 4.85. The molecule has 0 aliphatic carbocycles. The number of anilines is 2. The van der Waals surface area contributed by atoms with Crippen molar-refractivity contribution in [3.63, 3.8) is 0 Å². The molecular formula is C16H25N3O2. The van der Waals surface area contributed by atoms with Crippen LogP contribution in [-0.4, -0.2) is 39.3 Å². The molecule has 116 valence electrons. The lowest BCUT2D eigenvalue weighted by Crippen LogP contribution is -2.35. The zero-order chi connectivity index (χ0) is 15.6. The summed E-state index contributed by atoms with van der Waals surface area (Å²) in [6.07, 6.45) is 1.05. The van der Waals surface area contributed by atoms with E-state index in [1.807, 2.05) is 12.1 Å². The van der Waals surface area contributed by atoms with Gasteiger partial charge in [0.25, 0.3) is 0 Å². The number of hydrogen-bond donors (Lipinski definition) is 1. The van der Waals surface area contributed by atoms with E-state index in [9.17, 15) is 4.79 Å². The van der Waals surface area contributed by atoms with Gasteiger partial charge in [0.1, 0.15) is 6.04 Å². The van der Waals surface area contributed by atoms with Crippen LogP contribution >= 0.6 is 0 Å². The first-order chi connectivity index (χ1) is 10.0. The lowest BCUT2D eigenvalue weighted by molar-refractivity contribution is -0.118. The number of fused-ring (bicyclic) bond motifs is 1. The van der Waals surface area contributed by atoms with Crippen LogP contribution in [0.15, 0.2) is 18.2 Å². The Morgan fingerprint density at radius 1 is 1.48 bits per heavy atom. The van der Waals surface area contributed by atoms with Gasteiger partial charge in [-0.05, 0) is 25.5 Å². The summed E-state index contributed by atoms with van der Waals surface area (Å²) in [5.74, 6) is -0.0471. The van der Waals surface area contributed by atoms with E-state index in [-0.39, 0.29) is 5.91 Å². The van der Waals surface area contributed by atoms with Gasteiger partial charge in [-0.3, -0.25) is 4.79 Å². The largest absolute Gasteiger partial charge is 0.383 e. The maximum atomic E-state index is 12.0. The Hall–Kier alpha value is -1.59. The van der Waals surface area contributed by atoms with Crippen molar-refractivity contribution < 1.29 is 9.53 Å². The summed E-state index contributed by atoms with van der Waals surface area (Å²) in [5, 5.41) is 0. The van der Waals surface area contributed by atoms with Crippen molar-refractivity contribution in [2.24, 2.45) is 5.73 Å². The van der Waals surface area contributed by atoms with Gasteiger partial charge in [0.15, 0.2) is 0 Å². The second-order valence-electron chi connectivity index (χ2n) is 5.56. The van der Waals surface area contributed by atoms with Crippen LogP contribution in [0.1, 0.15) is 31.9 Å². The zero-order valence-electron chi connectivity index (χ0n) is 13.3. The fourth-order valence-corrected chi connectivity index (χ4v) is 2.74. The van der Waals surface area contributed by atoms with E-state index in [1.165, 1.54) is 0 Å². The number of carbonyl (C=O) groups is 1. The molecule has 2 unspecified atom stereocenters. The maximum Gasteiger partial charge on any atom is 0.248 e. The fraction of sp³-hybridized carbons (Fsp3) is 0.562. The first kappa shape index (κ1) is 15.8. The minimum Gasteiger partial charge on any atom is -0.383 e. The number of methoxy groups -OCH3 is 1. The molecule has 1 heterocycles. The Bertz CT molecular complexity index is 518. The molecule has 2 N–H and O–H groups in total. The van der Waals surface area contributed by atoms with Gasteiger partial charge < -0.3 is 20.3 Å². The first-order valence-corrected chi connectivity index (χ1v) is 7.43. The number of carbonyl (C=O) groups excluding carboxylic acids is 1. The number of hydrogen-bond acceptors (Lipinski definition) is 4. The Morgan fingerprint density at radius 2 is 2.19 bits per heavy atom. The van der Waals surface area contributed by atoms with E-state index in [0.717, 1.165) is 29.9 Å². The van der Waals surface area contributed by atoms with E-state index >= 15 is 0 Å². The fourth-order valence-electron chi connectivity index (χ4n) is 2.74. The van der Waals surface area contributed by atoms with Gasteiger partial charge in [0.2, 0.25) is 5.91 Å². The number of nitrogens with zero attached hydrogens (tertiary/aromatic N) is 2. The lowest BCUT2D eigenvalue weighted by atomic mass is 10.1. The van der Waals surface area contributed by atoms with Crippen LogP contribution in [0.4, 0.5) is 11.4 Å². The highest BCUT2D eigenvalue weighted by Gasteiger charge is 2.32. The van der Waals surface area contributed by atoms with Gasteiger partial charge in [-0.1, -0.05) is 13.0 Å². The van der Waals surface area contributed by atoms with Crippen molar-refractivity contribution in [3.8, 4) is 0 Å². The molecule has 0 saturated carbocycles. The van der Waals surface area contributed by atoms with Crippen LogP contribution in [-0.2, 0) is 9.53 Å². The summed E-state index contributed by atoms with van der Waals surface area (Å²) in [4.78, 5) is 15.9. The van der Waals surface area contributed by atoms with Crippen LogP contribution in [0, 0.1) is 0 Å². The summed E-state index contributed by atoms with van der Waals surface area (Å²) in [6.45, 7) is 5.87. The number of amides is 1. The number of ether oxygens (including phenoxy) is 1. The minimum atomic E-state index is -0.532. The molecule has 21 heavy (non-hydrogen) atoms. The molecule has 0 fully saturated rings. The van der Waals surface area contributed by atoms with Crippen molar-refractivity contribution in [1.82, 2.24) is 0 Å². The highest BCUT2D eigenvalue weighted by molar-refractivity contribution is 6.04. The molecule has 1 aromatic rings. The molecule has 0 saturated heterocycles. The number of rotatable bonds is 6. The molecule has 1 aliphatic heterocycles. The number of likely N-dealkylation sites (N-methyl/N-ethyl adjacent to an activating group) is 1. The van der Waals surface area contributed by atoms with Gasteiger partial charge in [0.05, 0.1) is 12.3 Å². The second kappa shape index (κ2) is 6.45. The highest BCUT2D eigenvalue weighted by atomic mass is 16.5. The number of benzene rings is 1. The van der Waals surface area contributed by atoms with Crippen molar-refractivity contribution in [2.45, 2.75) is 32.4 Å². The standard InChI is InChI=1S/C16H25N3O2/c1-5-11(2)19(8-9-21-4)12-6-7-13-14(10-12)18(3)16(20)15(13)17/h6-7,10-11,15H,5,8-9,17H2,1-4H3. The van der Waals surface area contributed by atoms with E-state index in [4.69, 9.17) is 10.5 Å². The highest BCUT2D eigenvalue weighted by Crippen LogP contribution is 2.36. The Morgan fingerprint density at radius 3 is 2.81 bits per heavy atom. The normalized spacial score (nSPS) is 18.8. The summed E-state index contributed by atoms with van der Waals surface area (Å²) in [6, 6.07) is 5.96. The van der Waals surface area contributed by atoms with Crippen LogP contribution in [0.2, 0.25) is 0 Å². The SMILES string of the molecule is CCC(C)N(CCOC)c1ccc2c(c1)N(C)C(=O)C2N. The smallest absolute Gasteiger partial charge is 0.248 e. The molecule has 2 rings (SSSR count). The lowest BCUT2D eigenvalue weighted by Gasteiger charge is -2.31. The molecule has 2 atom stereocenters. The molecule has 0 radical (unpaired) electrons. The molecular weight excluding hydrogens is 266 g/mol. The quantitative estimate of drug-likeness (QED) is 0.870. The number of nitrogens with two attached hydrogens (primary N) is 1. The Labute approximate surface area is 126 Å². The van der Waals surface area contributed by atoms with Gasteiger partial charge in [-0.15, -0.1) is 0 Å². The molecule has 1 aliphatic rings. The average Bonchev–Trinajstić information content (AvgIpc) is 2.72. The van der Waals surface area contributed by atoms with Crippen molar-refractivity contribution >= 4 is 17.3 Å². The van der Waals surface area contributed by atoms with Crippen LogP contribution < -0.4 is 15.5 Å². The third-order valence-electron chi connectivity index (χ3n) is 4.30. The van der Waals surface area contributed by atoms with Gasteiger partial charge in [-0.25, -0.2) is 0 Å². The molecule has 0 bridgehead atoms. The van der Waals surface area contributed by atoms with Crippen molar-refractivity contribution in [1.29, 1.82) is 0 Å². The average molecular weight is 291 g/mol. The van der Waals surface area contributed by atoms with Crippen LogP contribution in [0.3, 0.4) is 0 Å². The van der Waals surface area contributed by atoms with Gasteiger partial charge >= 0.3 is 0 Å². The molecule has 5 nitrogen and oxygen atoms in total. The molecule has 0 aromatic heterocycles. The second-order valence-corrected chi connectivity index (χ2v) is 5.56. The summed E-state index contributed by atoms with van der Waals surface area (Å²) < 4.78 is 5.21. The summed E-state index contributed by atoms with van der Waals surface area (Å²) >= 11 is 0. The van der Waals surface area contributed by atoms with Crippen LogP contribution in [0.5, 0.6) is 0 Å². The van der Waals surface area contributed by atoms with E-state index in [1.54, 1.807) is 19.1 Å². The van der Waals surface area contributed by atoms with Crippen LogP contribution in [0.25, 0.3) is 0 Å². The summed E-state index contributed by atoms with van der Waals surface area (Å²) in [7, 11) is 3.49. The van der Waals surface area contributed by atoms with Gasteiger partial charge in [0, 0.05) is 38.0 Å². The predicted octanol–water partition coefficient (Wildman–Crippen LogP) is 1.91.